The van der Waals surface area contributed by atoms with Crippen molar-refractivity contribution in [2.45, 2.75) is 26.8 Å². The van der Waals surface area contributed by atoms with Crippen molar-refractivity contribution >= 4 is 21.6 Å². The average Bonchev–Trinajstić information content (AvgIpc) is 2.67. The first-order valence-corrected chi connectivity index (χ1v) is 11.2. The maximum atomic E-state index is 12.6. The van der Waals surface area contributed by atoms with E-state index in [0.29, 0.717) is 30.4 Å². The Morgan fingerprint density at radius 2 is 1.76 bits per heavy atom. The summed E-state index contributed by atoms with van der Waals surface area (Å²) in [5, 5.41) is 2.86. The zero-order valence-corrected chi connectivity index (χ0v) is 17.9. The Morgan fingerprint density at radius 1 is 1.07 bits per heavy atom. The Morgan fingerprint density at radius 3 is 2.41 bits per heavy atom. The maximum absolute atomic E-state index is 12.6. The summed E-state index contributed by atoms with van der Waals surface area (Å²) in [4.78, 5) is 12.6. The van der Waals surface area contributed by atoms with Gasteiger partial charge in [0.2, 0.25) is 15.9 Å². The second kappa shape index (κ2) is 8.32. The van der Waals surface area contributed by atoms with Crippen molar-refractivity contribution in [1.29, 1.82) is 0 Å². The molecule has 1 amide bonds. The summed E-state index contributed by atoms with van der Waals surface area (Å²) in [6.07, 6.45) is 1.10. The van der Waals surface area contributed by atoms with Crippen LogP contribution >= 0.6 is 0 Å². The van der Waals surface area contributed by atoms with Gasteiger partial charge in [-0.1, -0.05) is 12.1 Å². The molecule has 0 bridgehead atoms. The van der Waals surface area contributed by atoms with Crippen LogP contribution in [-0.2, 0) is 14.8 Å². The van der Waals surface area contributed by atoms with Gasteiger partial charge in [-0.2, -0.15) is 0 Å². The number of rotatable bonds is 6. The van der Waals surface area contributed by atoms with Crippen molar-refractivity contribution in [2.75, 3.05) is 30.3 Å². The Kier molecular flexibility index (Phi) is 6.02. The maximum Gasteiger partial charge on any atom is 0.241 e. The number of sulfonamides is 1. The number of hydrogen-bond acceptors (Lipinski definition) is 5. The summed E-state index contributed by atoms with van der Waals surface area (Å²) in [5.74, 6) is 0.926. The number of nitrogens with zero attached hydrogens (tertiary/aromatic N) is 1. The molecule has 0 saturated carbocycles. The lowest BCUT2D eigenvalue weighted by molar-refractivity contribution is -0.120. The zero-order chi connectivity index (χ0) is 21.2. The molecule has 7 nitrogen and oxygen atoms in total. The molecule has 2 aromatic rings. The molecule has 156 valence electrons. The highest BCUT2D eigenvalue weighted by molar-refractivity contribution is 7.92. The van der Waals surface area contributed by atoms with Crippen LogP contribution in [0.5, 0.6) is 11.5 Å². The van der Waals surface area contributed by atoms with Crippen LogP contribution in [0, 0.1) is 13.8 Å². The van der Waals surface area contributed by atoms with Crippen LogP contribution in [0.25, 0.3) is 0 Å². The molecule has 0 aliphatic carbocycles. The molecule has 0 spiro atoms. The summed E-state index contributed by atoms with van der Waals surface area (Å²) < 4.78 is 36.8. The molecular formula is C21H26N2O5S. The van der Waals surface area contributed by atoms with Crippen molar-refractivity contribution in [1.82, 2.24) is 5.32 Å². The number of carbonyl (C=O) groups is 1. The van der Waals surface area contributed by atoms with E-state index in [1.165, 1.54) is 0 Å². The molecule has 3 rings (SSSR count). The third-order valence-corrected chi connectivity index (χ3v) is 6.05. The highest BCUT2D eigenvalue weighted by Gasteiger charge is 2.23. The molecule has 1 atom stereocenters. The molecule has 8 heteroatoms. The van der Waals surface area contributed by atoms with Crippen molar-refractivity contribution in [3.05, 3.63) is 53.1 Å². The standard InChI is InChI=1S/C21H26N2O5S/c1-14-5-7-18(11-15(14)2)23(29(4,25)26)13-21(24)22-16(3)17-6-8-19-20(12-17)28-10-9-27-19/h5-8,11-12,16H,9-10,13H2,1-4H3,(H,22,24)/t16-/m1/s1. The Hall–Kier alpha value is -2.74. The zero-order valence-electron chi connectivity index (χ0n) is 17.1. The summed E-state index contributed by atoms with van der Waals surface area (Å²) >= 11 is 0. The number of amides is 1. The summed E-state index contributed by atoms with van der Waals surface area (Å²) in [6, 6.07) is 10.5. The van der Waals surface area contributed by atoms with Crippen molar-refractivity contribution in [3.8, 4) is 11.5 Å². The van der Waals surface area contributed by atoms with E-state index in [9.17, 15) is 13.2 Å². The molecule has 0 radical (unpaired) electrons. The minimum Gasteiger partial charge on any atom is -0.486 e. The van der Waals surface area contributed by atoms with Gasteiger partial charge in [-0.05, 0) is 61.7 Å². The van der Waals surface area contributed by atoms with E-state index in [0.717, 1.165) is 27.3 Å². The van der Waals surface area contributed by atoms with Gasteiger partial charge in [0.1, 0.15) is 19.8 Å². The highest BCUT2D eigenvalue weighted by Crippen LogP contribution is 2.32. The van der Waals surface area contributed by atoms with Crippen molar-refractivity contribution in [2.24, 2.45) is 0 Å². The first kappa shape index (κ1) is 21.0. The molecule has 29 heavy (non-hydrogen) atoms. The van der Waals surface area contributed by atoms with Crippen LogP contribution in [0.4, 0.5) is 5.69 Å². The van der Waals surface area contributed by atoms with Crippen molar-refractivity contribution < 1.29 is 22.7 Å². The van der Waals surface area contributed by atoms with E-state index < -0.39 is 15.9 Å². The van der Waals surface area contributed by atoms with Crippen molar-refractivity contribution in [3.63, 3.8) is 0 Å². The number of nitrogens with one attached hydrogen (secondary N) is 1. The topological polar surface area (TPSA) is 84.9 Å². The van der Waals surface area contributed by atoms with Gasteiger partial charge in [-0.25, -0.2) is 8.42 Å². The van der Waals surface area contributed by atoms with Crippen LogP contribution < -0.4 is 19.1 Å². The van der Waals surface area contributed by atoms with E-state index in [4.69, 9.17) is 9.47 Å². The largest absolute Gasteiger partial charge is 0.486 e. The fourth-order valence-corrected chi connectivity index (χ4v) is 3.96. The average molecular weight is 419 g/mol. The first-order valence-electron chi connectivity index (χ1n) is 9.39. The predicted molar refractivity (Wildman–Crippen MR) is 112 cm³/mol. The fraction of sp³-hybridized carbons (Fsp3) is 0.381. The number of carbonyl (C=O) groups excluding carboxylic acids is 1. The van der Waals surface area contributed by atoms with Gasteiger partial charge >= 0.3 is 0 Å². The van der Waals surface area contributed by atoms with E-state index in [1.807, 2.05) is 45.0 Å². The number of aryl methyl sites for hydroxylation is 2. The van der Waals surface area contributed by atoms with Gasteiger partial charge in [-0.3, -0.25) is 9.10 Å². The first-order chi connectivity index (χ1) is 13.6. The van der Waals surface area contributed by atoms with E-state index in [2.05, 4.69) is 5.32 Å². The SMILES string of the molecule is Cc1ccc(N(CC(=O)N[C@H](C)c2ccc3c(c2)OCCO3)S(C)(=O)=O)cc1C. The highest BCUT2D eigenvalue weighted by atomic mass is 32.2. The second-order valence-corrected chi connectivity index (χ2v) is 9.14. The summed E-state index contributed by atoms with van der Waals surface area (Å²) in [7, 11) is -3.62. The number of benzene rings is 2. The van der Waals surface area contributed by atoms with Crippen LogP contribution in [0.2, 0.25) is 0 Å². The smallest absolute Gasteiger partial charge is 0.241 e. The third kappa shape index (κ3) is 5.00. The van der Waals surface area contributed by atoms with Gasteiger partial charge < -0.3 is 14.8 Å². The van der Waals surface area contributed by atoms with Gasteiger partial charge in [0, 0.05) is 0 Å². The lowest BCUT2D eigenvalue weighted by Gasteiger charge is -2.24. The third-order valence-electron chi connectivity index (χ3n) is 4.91. The monoisotopic (exact) mass is 418 g/mol. The van der Waals surface area contributed by atoms with Gasteiger partial charge in [0.05, 0.1) is 18.0 Å². The number of hydrogen-bond donors (Lipinski definition) is 1. The molecule has 1 heterocycles. The quantitative estimate of drug-likeness (QED) is 0.780. The van der Waals surface area contributed by atoms with Crippen LogP contribution in [0.15, 0.2) is 36.4 Å². The molecule has 0 fully saturated rings. The lowest BCUT2D eigenvalue weighted by atomic mass is 10.1. The Balaban J connectivity index is 1.74. The number of anilines is 1. The molecule has 0 unspecified atom stereocenters. The summed E-state index contributed by atoms with van der Waals surface area (Å²) in [6.45, 7) is 6.39. The van der Waals surface area contributed by atoms with E-state index >= 15 is 0 Å². The van der Waals surface area contributed by atoms with Gasteiger partial charge in [-0.15, -0.1) is 0 Å². The van der Waals surface area contributed by atoms with E-state index in [-0.39, 0.29) is 12.6 Å². The molecule has 1 aliphatic heterocycles. The number of ether oxygens (including phenoxy) is 2. The molecule has 1 N–H and O–H groups in total. The van der Waals surface area contributed by atoms with Gasteiger partial charge in [0.25, 0.3) is 0 Å². The lowest BCUT2D eigenvalue weighted by Crippen LogP contribution is -2.41. The van der Waals surface area contributed by atoms with Crippen LogP contribution in [0.3, 0.4) is 0 Å². The Labute approximate surface area is 171 Å². The minimum absolute atomic E-state index is 0.295. The Bertz CT molecular complexity index is 1020. The number of fused-ring (bicyclic) bond motifs is 1. The predicted octanol–water partition coefficient (Wildman–Crippen LogP) is 2.72. The normalized spacial score (nSPS) is 14.2. The molecule has 0 saturated heterocycles. The summed E-state index contributed by atoms with van der Waals surface area (Å²) in [5.41, 5.74) is 3.33. The van der Waals surface area contributed by atoms with Gasteiger partial charge in [0.15, 0.2) is 11.5 Å². The molecule has 0 aromatic heterocycles. The second-order valence-electron chi connectivity index (χ2n) is 7.23. The minimum atomic E-state index is -3.62. The van der Waals surface area contributed by atoms with E-state index in [1.54, 1.807) is 12.1 Å². The molecule has 2 aromatic carbocycles. The van der Waals surface area contributed by atoms with Crippen LogP contribution in [0.1, 0.15) is 29.7 Å². The molecule has 1 aliphatic rings. The fourth-order valence-electron chi connectivity index (χ4n) is 3.11. The van der Waals surface area contributed by atoms with Crippen LogP contribution in [-0.4, -0.2) is 40.3 Å². The molecular weight excluding hydrogens is 392 g/mol.